The third-order valence-electron chi connectivity index (χ3n) is 3.02. The van der Waals surface area contributed by atoms with Gasteiger partial charge in [0.2, 0.25) is 11.8 Å². The van der Waals surface area contributed by atoms with Crippen molar-refractivity contribution < 1.29 is 9.66 Å². The lowest BCUT2D eigenvalue weighted by molar-refractivity contribution is -0.384. The molecule has 0 bridgehead atoms. The molecule has 0 atom stereocenters. The van der Waals surface area contributed by atoms with Crippen molar-refractivity contribution in [1.82, 2.24) is 9.97 Å². The van der Waals surface area contributed by atoms with Crippen LogP contribution in [-0.2, 0) is 4.74 Å². The molecule has 1 aromatic rings. The molecule has 0 spiro atoms. The number of methoxy groups -OCH3 is 1. The molecular formula is C13H23N5O3. The third kappa shape index (κ3) is 5.50. The summed E-state index contributed by atoms with van der Waals surface area (Å²) in [5.41, 5.74) is -0.188. The van der Waals surface area contributed by atoms with Crippen molar-refractivity contribution in [3.8, 4) is 0 Å². The van der Waals surface area contributed by atoms with E-state index >= 15 is 0 Å². The number of anilines is 2. The van der Waals surface area contributed by atoms with E-state index in [1.807, 2.05) is 6.92 Å². The van der Waals surface area contributed by atoms with Gasteiger partial charge in [-0.25, -0.2) is 4.98 Å². The Balaban J connectivity index is 2.84. The minimum absolute atomic E-state index is 0.0623. The van der Waals surface area contributed by atoms with Crippen LogP contribution in [0.1, 0.15) is 27.2 Å². The zero-order valence-corrected chi connectivity index (χ0v) is 13.0. The highest BCUT2D eigenvalue weighted by Crippen LogP contribution is 2.25. The van der Waals surface area contributed by atoms with Crippen molar-refractivity contribution in [3.05, 3.63) is 16.3 Å². The quantitative estimate of drug-likeness (QED) is 0.532. The first-order valence-corrected chi connectivity index (χ1v) is 6.87. The molecule has 1 aromatic heterocycles. The van der Waals surface area contributed by atoms with Crippen LogP contribution in [-0.4, -0.2) is 41.7 Å². The average Bonchev–Trinajstić information content (AvgIpc) is 2.43. The molecule has 0 unspecified atom stereocenters. The summed E-state index contributed by atoms with van der Waals surface area (Å²) < 4.78 is 5.07. The Labute approximate surface area is 124 Å². The molecule has 0 aliphatic rings. The number of hydrogen-bond acceptors (Lipinski definition) is 7. The van der Waals surface area contributed by atoms with Crippen molar-refractivity contribution in [1.29, 1.82) is 0 Å². The highest BCUT2D eigenvalue weighted by Gasteiger charge is 2.22. The molecule has 0 saturated heterocycles. The van der Waals surface area contributed by atoms with E-state index in [1.165, 1.54) is 6.20 Å². The number of hydrogen-bond donors (Lipinski definition) is 2. The summed E-state index contributed by atoms with van der Waals surface area (Å²) in [5.74, 6) is 0.608. The summed E-state index contributed by atoms with van der Waals surface area (Å²) in [5, 5.41) is 17.0. The Morgan fingerprint density at radius 2 is 2.14 bits per heavy atom. The molecule has 1 heterocycles. The van der Waals surface area contributed by atoms with Crippen LogP contribution in [0.15, 0.2) is 6.20 Å². The van der Waals surface area contributed by atoms with Crippen LogP contribution >= 0.6 is 0 Å². The van der Waals surface area contributed by atoms with Crippen LogP contribution in [0.5, 0.6) is 0 Å². The number of nitrogens with zero attached hydrogens (tertiary/aromatic N) is 3. The SMILES string of the molecule is CCNc1ncc([N+](=O)[O-])c(NCC(C)(C)CCOC)n1. The van der Waals surface area contributed by atoms with Gasteiger partial charge in [-0.05, 0) is 18.8 Å². The average molecular weight is 297 g/mol. The lowest BCUT2D eigenvalue weighted by Crippen LogP contribution is -2.25. The molecule has 0 aliphatic carbocycles. The third-order valence-corrected chi connectivity index (χ3v) is 3.02. The van der Waals surface area contributed by atoms with Crippen molar-refractivity contribution in [2.24, 2.45) is 5.41 Å². The van der Waals surface area contributed by atoms with E-state index in [2.05, 4.69) is 34.4 Å². The van der Waals surface area contributed by atoms with Crippen molar-refractivity contribution >= 4 is 17.5 Å². The van der Waals surface area contributed by atoms with E-state index in [0.717, 1.165) is 6.42 Å². The van der Waals surface area contributed by atoms with E-state index in [4.69, 9.17) is 4.74 Å². The highest BCUT2D eigenvalue weighted by molar-refractivity contribution is 5.57. The molecule has 118 valence electrons. The first-order valence-electron chi connectivity index (χ1n) is 6.87. The van der Waals surface area contributed by atoms with Gasteiger partial charge in [-0.1, -0.05) is 13.8 Å². The van der Waals surface area contributed by atoms with Crippen LogP contribution in [0.25, 0.3) is 0 Å². The first-order chi connectivity index (χ1) is 9.89. The van der Waals surface area contributed by atoms with Gasteiger partial charge in [-0.15, -0.1) is 0 Å². The zero-order valence-electron chi connectivity index (χ0n) is 13.0. The normalized spacial score (nSPS) is 11.2. The summed E-state index contributed by atoms with van der Waals surface area (Å²) in [4.78, 5) is 18.6. The van der Waals surface area contributed by atoms with Gasteiger partial charge in [-0.2, -0.15) is 4.98 Å². The second-order valence-electron chi connectivity index (χ2n) is 5.48. The molecule has 0 saturated carbocycles. The molecular weight excluding hydrogens is 274 g/mol. The van der Waals surface area contributed by atoms with Crippen LogP contribution < -0.4 is 10.6 Å². The smallest absolute Gasteiger partial charge is 0.329 e. The molecule has 21 heavy (non-hydrogen) atoms. The van der Waals surface area contributed by atoms with E-state index < -0.39 is 4.92 Å². The maximum Gasteiger partial charge on any atom is 0.329 e. The number of nitro groups is 1. The number of ether oxygens (including phenoxy) is 1. The van der Waals surface area contributed by atoms with Gasteiger partial charge >= 0.3 is 5.69 Å². The second-order valence-corrected chi connectivity index (χ2v) is 5.48. The van der Waals surface area contributed by atoms with E-state index in [-0.39, 0.29) is 16.9 Å². The summed E-state index contributed by atoms with van der Waals surface area (Å²) in [6, 6.07) is 0. The lowest BCUT2D eigenvalue weighted by atomic mass is 9.90. The van der Waals surface area contributed by atoms with Gasteiger partial charge in [-0.3, -0.25) is 10.1 Å². The first kappa shape index (κ1) is 17.1. The lowest BCUT2D eigenvalue weighted by Gasteiger charge is -2.24. The zero-order chi connectivity index (χ0) is 15.9. The van der Waals surface area contributed by atoms with Crippen LogP contribution in [0, 0.1) is 15.5 Å². The van der Waals surface area contributed by atoms with Crippen LogP contribution in [0.3, 0.4) is 0 Å². The Morgan fingerprint density at radius 1 is 1.43 bits per heavy atom. The molecule has 8 nitrogen and oxygen atoms in total. The summed E-state index contributed by atoms with van der Waals surface area (Å²) in [6.45, 7) is 7.89. The Morgan fingerprint density at radius 3 is 2.71 bits per heavy atom. The molecule has 0 amide bonds. The fourth-order valence-corrected chi connectivity index (χ4v) is 1.67. The van der Waals surface area contributed by atoms with E-state index in [9.17, 15) is 10.1 Å². The van der Waals surface area contributed by atoms with E-state index in [0.29, 0.717) is 25.6 Å². The van der Waals surface area contributed by atoms with Crippen LogP contribution in [0.4, 0.5) is 17.5 Å². The monoisotopic (exact) mass is 297 g/mol. The molecule has 8 heteroatoms. The second kappa shape index (κ2) is 7.72. The molecule has 0 aliphatic heterocycles. The minimum Gasteiger partial charge on any atom is -0.385 e. The fourth-order valence-electron chi connectivity index (χ4n) is 1.67. The maximum atomic E-state index is 11.0. The Kier molecular flexibility index (Phi) is 6.29. The van der Waals surface area contributed by atoms with Crippen molar-refractivity contribution in [2.75, 3.05) is 37.4 Å². The fraction of sp³-hybridized carbons (Fsp3) is 0.692. The maximum absolute atomic E-state index is 11.0. The highest BCUT2D eigenvalue weighted by atomic mass is 16.6. The molecule has 0 fully saturated rings. The number of rotatable bonds is 9. The summed E-state index contributed by atoms with van der Waals surface area (Å²) in [7, 11) is 1.65. The molecule has 2 N–H and O–H groups in total. The summed E-state index contributed by atoms with van der Waals surface area (Å²) >= 11 is 0. The Hall–Kier alpha value is -1.96. The molecule has 1 rings (SSSR count). The molecule has 0 aromatic carbocycles. The Bertz CT molecular complexity index is 479. The van der Waals surface area contributed by atoms with Gasteiger partial charge in [0.25, 0.3) is 0 Å². The predicted molar refractivity (Wildman–Crippen MR) is 81.6 cm³/mol. The predicted octanol–water partition coefficient (Wildman–Crippen LogP) is 2.29. The molecule has 0 radical (unpaired) electrons. The number of nitrogens with one attached hydrogen (secondary N) is 2. The van der Waals surface area contributed by atoms with Crippen LogP contribution in [0.2, 0.25) is 0 Å². The van der Waals surface area contributed by atoms with E-state index in [1.54, 1.807) is 7.11 Å². The largest absolute Gasteiger partial charge is 0.385 e. The van der Waals surface area contributed by atoms with Crippen molar-refractivity contribution in [3.63, 3.8) is 0 Å². The van der Waals surface area contributed by atoms with Gasteiger partial charge in [0.1, 0.15) is 6.20 Å². The standard InChI is InChI=1S/C13H23N5O3/c1-5-14-12-15-8-10(18(19)20)11(17-12)16-9-13(2,3)6-7-21-4/h8H,5-7,9H2,1-4H3,(H2,14,15,16,17). The number of aromatic nitrogens is 2. The minimum atomic E-state index is -0.486. The van der Waals surface area contributed by atoms with Gasteiger partial charge in [0.15, 0.2) is 0 Å². The topological polar surface area (TPSA) is 102 Å². The van der Waals surface area contributed by atoms with Gasteiger partial charge in [0, 0.05) is 26.8 Å². The van der Waals surface area contributed by atoms with Gasteiger partial charge in [0.05, 0.1) is 4.92 Å². The summed E-state index contributed by atoms with van der Waals surface area (Å²) in [6.07, 6.45) is 2.06. The van der Waals surface area contributed by atoms with Gasteiger partial charge < -0.3 is 15.4 Å². The van der Waals surface area contributed by atoms with Crippen molar-refractivity contribution in [2.45, 2.75) is 27.2 Å².